The van der Waals surface area contributed by atoms with Crippen LogP contribution < -0.4 is 5.32 Å². The molecule has 7 heteroatoms. The van der Waals surface area contributed by atoms with Crippen molar-refractivity contribution in [1.29, 1.82) is 0 Å². The number of hydrogen-bond donors (Lipinski definition) is 2. The van der Waals surface area contributed by atoms with Crippen LogP contribution in [0.15, 0.2) is 47.0 Å². The molecule has 0 aliphatic carbocycles. The number of ether oxygens (including phenoxy) is 2. The molecule has 1 fully saturated rings. The number of aromatic nitrogens is 1. The third kappa shape index (κ3) is 4.70. The van der Waals surface area contributed by atoms with Crippen LogP contribution in [0.25, 0.3) is 10.8 Å². The monoisotopic (exact) mass is 410 g/mol. The Labute approximate surface area is 175 Å². The van der Waals surface area contributed by atoms with Crippen molar-refractivity contribution in [3.63, 3.8) is 0 Å². The topological polar surface area (TPSA) is 93.8 Å². The Morgan fingerprint density at radius 3 is 2.87 bits per heavy atom. The van der Waals surface area contributed by atoms with Crippen LogP contribution in [0.3, 0.4) is 0 Å². The molecule has 2 atom stereocenters. The van der Waals surface area contributed by atoms with Gasteiger partial charge in [0.1, 0.15) is 6.61 Å². The van der Waals surface area contributed by atoms with Gasteiger partial charge < -0.3 is 24.4 Å². The molecule has 0 radical (unpaired) electrons. The van der Waals surface area contributed by atoms with E-state index in [4.69, 9.17) is 14.0 Å². The molecule has 0 spiro atoms. The zero-order chi connectivity index (χ0) is 20.9. The van der Waals surface area contributed by atoms with Gasteiger partial charge in [0.25, 0.3) is 5.91 Å². The average molecular weight is 410 g/mol. The van der Waals surface area contributed by atoms with Crippen molar-refractivity contribution < 1.29 is 23.9 Å². The molecular formula is C23H26N2O5. The Kier molecular flexibility index (Phi) is 6.42. The van der Waals surface area contributed by atoms with E-state index in [0.29, 0.717) is 37.0 Å². The van der Waals surface area contributed by atoms with Gasteiger partial charge in [0.15, 0.2) is 11.5 Å². The first-order valence-corrected chi connectivity index (χ1v) is 10.2. The fourth-order valence-corrected chi connectivity index (χ4v) is 3.69. The zero-order valence-corrected chi connectivity index (χ0v) is 17.0. The molecule has 0 bridgehead atoms. The molecule has 1 aliphatic rings. The molecular weight excluding hydrogens is 384 g/mol. The molecule has 7 nitrogen and oxygen atoms in total. The number of fused-ring (bicyclic) bond motifs is 1. The number of aliphatic hydroxyl groups excluding tert-OH is 1. The summed E-state index contributed by atoms with van der Waals surface area (Å²) in [5.41, 5.74) is 1.51. The number of nitrogens with one attached hydrogen (secondary N) is 1. The smallest absolute Gasteiger partial charge is 0.273 e. The molecule has 2 aromatic carbocycles. The van der Waals surface area contributed by atoms with E-state index >= 15 is 0 Å². The van der Waals surface area contributed by atoms with Crippen molar-refractivity contribution in [2.24, 2.45) is 5.92 Å². The molecule has 2 heterocycles. The van der Waals surface area contributed by atoms with E-state index in [1.54, 1.807) is 6.92 Å². The summed E-state index contributed by atoms with van der Waals surface area (Å²) in [6, 6.07) is 14.3. The first-order valence-electron chi connectivity index (χ1n) is 10.2. The second-order valence-electron chi connectivity index (χ2n) is 7.66. The van der Waals surface area contributed by atoms with E-state index in [9.17, 15) is 9.90 Å². The number of carbonyl (C=O) groups excluding carboxylic acids is 1. The van der Waals surface area contributed by atoms with Crippen molar-refractivity contribution in [2.45, 2.75) is 32.7 Å². The number of rotatable bonds is 8. The van der Waals surface area contributed by atoms with Crippen LogP contribution in [-0.4, -0.2) is 35.9 Å². The van der Waals surface area contributed by atoms with Crippen LogP contribution in [0.4, 0.5) is 0 Å². The normalized spacial score (nSPS) is 17.3. The molecule has 2 N–H and O–H groups in total. The number of hydrogen-bond acceptors (Lipinski definition) is 6. The van der Waals surface area contributed by atoms with Gasteiger partial charge in [-0.2, -0.15) is 0 Å². The second kappa shape index (κ2) is 9.38. The highest BCUT2D eigenvalue weighted by molar-refractivity contribution is 5.93. The number of carbonyl (C=O) groups is 1. The Morgan fingerprint density at radius 2 is 2.10 bits per heavy atom. The lowest BCUT2D eigenvalue weighted by molar-refractivity contribution is 0.0848. The third-order valence-corrected chi connectivity index (χ3v) is 5.33. The van der Waals surface area contributed by atoms with Gasteiger partial charge in [-0.25, -0.2) is 0 Å². The summed E-state index contributed by atoms with van der Waals surface area (Å²) in [6.07, 6.45) is 0.0297. The quantitative estimate of drug-likeness (QED) is 0.591. The number of benzene rings is 2. The van der Waals surface area contributed by atoms with Crippen LogP contribution in [0.5, 0.6) is 0 Å². The van der Waals surface area contributed by atoms with Crippen LogP contribution in [0.2, 0.25) is 0 Å². The summed E-state index contributed by atoms with van der Waals surface area (Å²) in [4.78, 5) is 12.5. The maximum Gasteiger partial charge on any atom is 0.273 e. The minimum Gasteiger partial charge on any atom is -0.388 e. The maximum absolute atomic E-state index is 12.5. The van der Waals surface area contributed by atoms with E-state index in [0.717, 1.165) is 24.0 Å². The lowest BCUT2D eigenvalue weighted by atomic mass is 10.1. The summed E-state index contributed by atoms with van der Waals surface area (Å²) < 4.78 is 16.4. The van der Waals surface area contributed by atoms with Crippen molar-refractivity contribution in [3.05, 3.63) is 65.0 Å². The Bertz CT molecular complexity index is 1010. The summed E-state index contributed by atoms with van der Waals surface area (Å²) in [6.45, 7) is 3.97. The SMILES string of the molecule is CC(O)c1c(C(=O)NCC2CCOC2)noc1COCc1ccc2ccccc2c1. The van der Waals surface area contributed by atoms with E-state index in [1.165, 1.54) is 5.39 Å². The summed E-state index contributed by atoms with van der Waals surface area (Å²) >= 11 is 0. The number of aliphatic hydroxyl groups is 1. The first kappa shape index (κ1) is 20.5. The molecule has 1 aliphatic heterocycles. The van der Waals surface area contributed by atoms with Gasteiger partial charge in [-0.3, -0.25) is 4.79 Å². The first-order chi connectivity index (χ1) is 14.6. The number of amides is 1. The van der Waals surface area contributed by atoms with E-state index in [2.05, 4.69) is 34.7 Å². The Morgan fingerprint density at radius 1 is 1.27 bits per heavy atom. The van der Waals surface area contributed by atoms with Crippen LogP contribution in [-0.2, 0) is 22.7 Å². The number of nitrogens with zero attached hydrogens (tertiary/aromatic N) is 1. The Balaban J connectivity index is 1.38. The highest BCUT2D eigenvalue weighted by Crippen LogP contribution is 2.24. The van der Waals surface area contributed by atoms with Gasteiger partial charge in [0.05, 0.1) is 24.9 Å². The highest BCUT2D eigenvalue weighted by atomic mass is 16.5. The van der Waals surface area contributed by atoms with Crippen molar-refractivity contribution in [2.75, 3.05) is 19.8 Å². The predicted octanol–water partition coefficient (Wildman–Crippen LogP) is 3.36. The van der Waals surface area contributed by atoms with Gasteiger partial charge in [0.2, 0.25) is 0 Å². The van der Waals surface area contributed by atoms with Gasteiger partial charge in [-0.05, 0) is 35.7 Å². The highest BCUT2D eigenvalue weighted by Gasteiger charge is 2.26. The van der Waals surface area contributed by atoms with E-state index in [1.807, 2.05) is 18.2 Å². The molecule has 0 saturated carbocycles. The molecule has 1 aromatic heterocycles. The summed E-state index contributed by atoms with van der Waals surface area (Å²) in [5, 5.41) is 19.2. The van der Waals surface area contributed by atoms with Crippen molar-refractivity contribution in [1.82, 2.24) is 10.5 Å². The summed E-state index contributed by atoms with van der Waals surface area (Å²) in [7, 11) is 0. The van der Waals surface area contributed by atoms with Gasteiger partial charge >= 0.3 is 0 Å². The molecule has 30 heavy (non-hydrogen) atoms. The third-order valence-electron chi connectivity index (χ3n) is 5.33. The molecule has 3 aromatic rings. The van der Waals surface area contributed by atoms with Crippen LogP contribution >= 0.6 is 0 Å². The molecule has 2 unspecified atom stereocenters. The lowest BCUT2D eigenvalue weighted by Gasteiger charge is -2.10. The molecule has 1 amide bonds. The van der Waals surface area contributed by atoms with E-state index < -0.39 is 6.10 Å². The lowest BCUT2D eigenvalue weighted by Crippen LogP contribution is -2.30. The zero-order valence-electron chi connectivity index (χ0n) is 17.0. The van der Waals surface area contributed by atoms with Crippen LogP contribution in [0, 0.1) is 5.92 Å². The summed E-state index contributed by atoms with van der Waals surface area (Å²) in [5.74, 6) is 0.308. The van der Waals surface area contributed by atoms with E-state index in [-0.39, 0.29) is 18.2 Å². The molecule has 158 valence electrons. The Hall–Kier alpha value is -2.74. The van der Waals surface area contributed by atoms with Gasteiger partial charge in [-0.15, -0.1) is 0 Å². The predicted molar refractivity (Wildman–Crippen MR) is 111 cm³/mol. The largest absolute Gasteiger partial charge is 0.388 e. The molecule has 1 saturated heterocycles. The van der Waals surface area contributed by atoms with Crippen LogP contribution in [0.1, 0.15) is 46.8 Å². The second-order valence-corrected chi connectivity index (χ2v) is 7.66. The van der Waals surface area contributed by atoms with Gasteiger partial charge in [-0.1, -0.05) is 41.6 Å². The van der Waals surface area contributed by atoms with Crippen molar-refractivity contribution in [3.8, 4) is 0 Å². The minimum atomic E-state index is -0.897. The minimum absolute atomic E-state index is 0.105. The fraction of sp³-hybridized carbons (Fsp3) is 0.391. The van der Waals surface area contributed by atoms with Gasteiger partial charge in [0, 0.05) is 19.1 Å². The maximum atomic E-state index is 12.5. The fourth-order valence-electron chi connectivity index (χ4n) is 3.69. The molecule has 4 rings (SSSR count). The average Bonchev–Trinajstić information content (AvgIpc) is 3.42. The standard InChI is InChI=1S/C23H26N2O5/c1-15(26)21-20(30-25-22(21)23(27)24-11-17-8-9-28-13-17)14-29-12-16-6-7-18-4-2-3-5-19(18)10-16/h2-7,10,15,17,26H,8-9,11-14H2,1H3,(H,24,27). The van der Waals surface area contributed by atoms with Crippen molar-refractivity contribution >= 4 is 16.7 Å².